The molecule has 5 heteroatoms. The molecule has 0 aromatic heterocycles. The molecule has 0 saturated heterocycles. The van der Waals surface area contributed by atoms with E-state index in [1.165, 1.54) is 12.1 Å². The van der Waals surface area contributed by atoms with Crippen molar-refractivity contribution in [2.24, 2.45) is 5.92 Å². The summed E-state index contributed by atoms with van der Waals surface area (Å²) in [5, 5.41) is 42.6. The van der Waals surface area contributed by atoms with E-state index in [9.17, 15) is 25.2 Å². The molecule has 0 saturated carbocycles. The van der Waals surface area contributed by atoms with Crippen molar-refractivity contribution in [1.82, 2.24) is 0 Å². The SMILES string of the molecule is O=C1CC2C3CCC(O)c4c(O)ccc(c43)C2(O)c2cccc(O)c21. The van der Waals surface area contributed by atoms with Gasteiger partial charge in [-0.05, 0) is 42.0 Å². The van der Waals surface area contributed by atoms with Crippen LogP contribution in [-0.4, -0.2) is 26.2 Å². The summed E-state index contributed by atoms with van der Waals surface area (Å²) in [4.78, 5) is 12.7. The molecule has 2 aromatic carbocycles. The number of aliphatic hydroxyl groups excluding tert-OH is 1. The first kappa shape index (κ1) is 14.9. The minimum absolute atomic E-state index is 0.0284. The van der Waals surface area contributed by atoms with Crippen LogP contribution in [0.15, 0.2) is 30.3 Å². The number of rotatable bonds is 0. The van der Waals surface area contributed by atoms with Gasteiger partial charge in [-0.15, -0.1) is 0 Å². The summed E-state index contributed by atoms with van der Waals surface area (Å²) in [6, 6.07) is 7.95. The number of aromatic hydroxyl groups is 2. The second-order valence-corrected chi connectivity index (χ2v) is 7.36. The monoisotopic (exact) mass is 338 g/mol. The highest BCUT2D eigenvalue weighted by Gasteiger charge is 2.58. The van der Waals surface area contributed by atoms with E-state index in [4.69, 9.17) is 0 Å². The maximum absolute atomic E-state index is 12.7. The van der Waals surface area contributed by atoms with Gasteiger partial charge >= 0.3 is 0 Å². The lowest BCUT2D eigenvalue weighted by Crippen LogP contribution is -2.40. The Labute approximate surface area is 144 Å². The molecule has 0 spiro atoms. The average molecular weight is 338 g/mol. The zero-order valence-corrected chi connectivity index (χ0v) is 13.4. The van der Waals surface area contributed by atoms with Crippen molar-refractivity contribution in [2.45, 2.75) is 36.9 Å². The van der Waals surface area contributed by atoms with Gasteiger partial charge in [-0.3, -0.25) is 4.79 Å². The number of benzene rings is 2. The highest BCUT2D eigenvalue weighted by molar-refractivity contribution is 6.02. The van der Waals surface area contributed by atoms with E-state index in [0.29, 0.717) is 29.5 Å². The Bertz CT molecular complexity index is 934. The molecule has 3 aliphatic rings. The molecule has 4 atom stereocenters. The van der Waals surface area contributed by atoms with Crippen LogP contribution < -0.4 is 0 Å². The van der Waals surface area contributed by atoms with Crippen LogP contribution in [0.5, 0.6) is 11.5 Å². The summed E-state index contributed by atoms with van der Waals surface area (Å²) in [6.45, 7) is 0. The molecule has 0 bridgehead atoms. The van der Waals surface area contributed by atoms with E-state index in [1.807, 2.05) is 0 Å². The number of phenolic OH excluding ortho intramolecular Hbond substituents is 2. The van der Waals surface area contributed by atoms with Gasteiger partial charge in [0.1, 0.15) is 17.1 Å². The first-order valence-corrected chi connectivity index (χ1v) is 8.57. The van der Waals surface area contributed by atoms with Crippen molar-refractivity contribution in [3.05, 3.63) is 58.1 Å². The molecule has 5 nitrogen and oxygen atoms in total. The predicted octanol–water partition coefficient (Wildman–Crippen LogP) is 2.46. The molecular formula is C20H18O5. The average Bonchev–Trinajstić information content (AvgIpc) is 2.83. The van der Waals surface area contributed by atoms with Crippen LogP contribution in [0.4, 0.5) is 0 Å². The fraction of sp³-hybridized carbons (Fsp3) is 0.350. The Morgan fingerprint density at radius 1 is 0.960 bits per heavy atom. The first-order chi connectivity index (χ1) is 11.9. The molecule has 4 N–H and O–H groups in total. The van der Waals surface area contributed by atoms with E-state index in [-0.39, 0.29) is 41.1 Å². The summed E-state index contributed by atoms with van der Waals surface area (Å²) in [7, 11) is 0. The predicted molar refractivity (Wildman–Crippen MR) is 88.6 cm³/mol. The fourth-order valence-corrected chi connectivity index (χ4v) is 5.31. The third-order valence-electron chi connectivity index (χ3n) is 6.29. The van der Waals surface area contributed by atoms with Crippen LogP contribution in [0, 0.1) is 5.92 Å². The Morgan fingerprint density at radius 2 is 1.76 bits per heavy atom. The maximum Gasteiger partial charge on any atom is 0.167 e. The fourth-order valence-electron chi connectivity index (χ4n) is 5.31. The van der Waals surface area contributed by atoms with Crippen LogP contribution in [-0.2, 0) is 5.60 Å². The molecule has 0 aliphatic heterocycles. The molecular weight excluding hydrogens is 320 g/mol. The molecule has 128 valence electrons. The molecule has 5 rings (SSSR count). The number of hydrogen-bond donors (Lipinski definition) is 4. The van der Waals surface area contributed by atoms with Crippen molar-refractivity contribution in [2.75, 3.05) is 0 Å². The van der Waals surface area contributed by atoms with E-state index in [1.54, 1.807) is 18.2 Å². The number of Topliss-reactive ketones (excluding diaryl/α,β-unsaturated/α-hetero) is 1. The van der Waals surface area contributed by atoms with Gasteiger partial charge in [0.05, 0.1) is 11.7 Å². The maximum atomic E-state index is 12.7. The molecule has 0 radical (unpaired) electrons. The van der Waals surface area contributed by atoms with Gasteiger partial charge in [-0.25, -0.2) is 0 Å². The molecule has 0 fully saturated rings. The van der Waals surface area contributed by atoms with Gasteiger partial charge < -0.3 is 20.4 Å². The highest BCUT2D eigenvalue weighted by Crippen LogP contribution is 2.63. The number of carbonyl (C=O) groups is 1. The molecule has 25 heavy (non-hydrogen) atoms. The highest BCUT2D eigenvalue weighted by atomic mass is 16.3. The minimum atomic E-state index is -1.39. The van der Waals surface area contributed by atoms with Crippen LogP contribution >= 0.6 is 0 Å². The Kier molecular flexibility index (Phi) is 2.76. The summed E-state index contributed by atoms with van der Waals surface area (Å²) >= 11 is 0. The Morgan fingerprint density at radius 3 is 2.56 bits per heavy atom. The Balaban J connectivity index is 1.86. The second kappa shape index (κ2) is 4.62. The number of ketones is 1. The third-order valence-corrected chi connectivity index (χ3v) is 6.29. The van der Waals surface area contributed by atoms with Crippen molar-refractivity contribution in [3.63, 3.8) is 0 Å². The summed E-state index contributed by atoms with van der Waals surface area (Å²) < 4.78 is 0. The number of fused-ring (bicyclic) bond motifs is 5. The number of hydrogen-bond acceptors (Lipinski definition) is 5. The van der Waals surface area contributed by atoms with E-state index < -0.39 is 11.7 Å². The molecule has 3 aliphatic carbocycles. The molecule has 0 heterocycles. The van der Waals surface area contributed by atoms with Crippen molar-refractivity contribution in [1.29, 1.82) is 0 Å². The lowest BCUT2D eigenvalue weighted by atomic mass is 9.67. The van der Waals surface area contributed by atoms with Gasteiger partial charge in [-0.2, -0.15) is 0 Å². The molecule has 0 amide bonds. The zero-order valence-electron chi connectivity index (χ0n) is 13.4. The summed E-state index contributed by atoms with van der Waals surface area (Å²) in [6.07, 6.45) is 0.507. The zero-order chi connectivity index (χ0) is 17.5. The number of aliphatic hydroxyl groups is 2. The van der Waals surface area contributed by atoms with Gasteiger partial charge in [0.25, 0.3) is 0 Å². The van der Waals surface area contributed by atoms with E-state index in [2.05, 4.69) is 0 Å². The molecule has 4 unspecified atom stereocenters. The van der Waals surface area contributed by atoms with E-state index in [0.717, 1.165) is 5.56 Å². The third kappa shape index (κ3) is 1.62. The molecule has 2 aromatic rings. The van der Waals surface area contributed by atoms with E-state index >= 15 is 0 Å². The van der Waals surface area contributed by atoms with Crippen molar-refractivity contribution >= 4 is 5.78 Å². The van der Waals surface area contributed by atoms with Crippen LogP contribution in [0.3, 0.4) is 0 Å². The lowest BCUT2D eigenvalue weighted by Gasteiger charge is -2.39. The van der Waals surface area contributed by atoms with Gasteiger partial charge in [0, 0.05) is 23.5 Å². The smallest absolute Gasteiger partial charge is 0.167 e. The second-order valence-electron chi connectivity index (χ2n) is 7.36. The van der Waals surface area contributed by atoms with Gasteiger partial charge in [0.15, 0.2) is 5.78 Å². The van der Waals surface area contributed by atoms with Crippen LogP contribution in [0.2, 0.25) is 0 Å². The van der Waals surface area contributed by atoms with Gasteiger partial charge in [0.2, 0.25) is 0 Å². The van der Waals surface area contributed by atoms with Crippen molar-refractivity contribution < 1.29 is 25.2 Å². The van der Waals surface area contributed by atoms with Crippen molar-refractivity contribution in [3.8, 4) is 11.5 Å². The lowest BCUT2D eigenvalue weighted by molar-refractivity contribution is 0.00599. The summed E-state index contributed by atoms with van der Waals surface area (Å²) in [5.41, 5.74) is 1.09. The standard InChI is InChI=1S/C20H18O5/c21-13-3-1-2-10-18(13)16(24)8-12-9-4-6-14(22)19-15(23)7-5-11(17(9)19)20(10,12)25/h1-3,5,7,9,12,14,21-23,25H,4,6,8H2. The Hall–Kier alpha value is -2.37. The first-order valence-electron chi connectivity index (χ1n) is 8.57. The topological polar surface area (TPSA) is 98.0 Å². The largest absolute Gasteiger partial charge is 0.508 e. The number of carbonyl (C=O) groups excluding carboxylic acids is 1. The normalized spacial score (nSPS) is 32.1. The van der Waals surface area contributed by atoms with Crippen LogP contribution in [0.1, 0.15) is 63.9 Å². The minimum Gasteiger partial charge on any atom is -0.508 e. The summed E-state index contributed by atoms with van der Waals surface area (Å²) in [5.74, 6) is -0.705. The number of phenols is 2. The van der Waals surface area contributed by atoms with Crippen LogP contribution in [0.25, 0.3) is 0 Å². The van der Waals surface area contributed by atoms with Gasteiger partial charge in [-0.1, -0.05) is 18.2 Å². The quantitative estimate of drug-likeness (QED) is 0.591.